The van der Waals surface area contributed by atoms with Crippen molar-refractivity contribution in [1.82, 2.24) is 10.2 Å². The van der Waals surface area contributed by atoms with Crippen LogP contribution in [-0.2, 0) is 26.2 Å². The molecule has 0 spiro atoms. The Morgan fingerprint density at radius 1 is 0.923 bits per heavy atom. The summed E-state index contributed by atoms with van der Waals surface area (Å²) in [6.45, 7) is 5.08. The number of halogens is 2. The molecule has 10 heteroatoms. The summed E-state index contributed by atoms with van der Waals surface area (Å²) in [5, 5.41) is 3.45. The summed E-state index contributed by atoms with van der Waals surface area (Å²) < 4.78 is 42.0. The highest BCUT2D eigenvalue weighted by Gasteiger charge is 2.34. The normalized spacial score (nSPS) is 12.8. The number of amides is 2. The number of hydrogen-bond donors (Lipinski definition) is 1. The number of nitrogens with one attached hydrogen (secondary N) is 1. The lowest BCUT2D eigenvalue weighted by Crippen LogP contribution is -2.53. The van der Waals surface area contributed by atoms with E-state index < -0.39 is 34.3 Å². The summed E-state index contributed by atoms with van der Waals surface area (Å²) in [7, 11) is -4.20. The van der Waals surface area contributed by atoms with Crippen LogP contribution in [0.15, 0.2) is 83.8 Å². The molecular weight excluding hydrogens is 541 g/mol. The molecule has 7 nitrogen and oxygen atoms in total. The van der Waals surface area contributed by atoms with Gasteiger partial charge in [-0.05, 0) is 73.9 Å². The number of carbonyl (C=O) groups is 2. The van der Waals surface area contributed by atoms with Crippen LogP contribution in [0.25, 0.3) is 0 Å². The van der Waals surface area contributed by atoms with Crippen molar-refractivity contribution in [3.05, 3.63) is 95.3 Å². The molecule has 3 aromatic rings. The van der Waals surface area contributed by atoms with Crippen LogP contribution in [0, 0.1) is 5.82 Å². The van der Waals surface area contributed by atoms with Crippen LogP contribution in [-0.4, -0.2) is 43.8 Å². The lowest BCUT2D eigenvalue weighted by atomic mass is 10.1. The molecule has 0 aliphatic rings. The van der Waals surface area contributed by atoms with E-state index in [0.717, 1.165) is 22.0 Å². The fourth-order valence-corrected chi connectivity index (χ4v) is 5.56. The van der Waals surface area contributed by atoms with Crippen molar-refractivity contribution >= 4 is 39.1 Å². The summed E-state index contributed by atoms with van der Waals surface area (Å²) in [5.74, 6) is -1.45. The van der Waals surface area contributed by atoms with E-state index in [1.165, 1.54) is 29.2 Å². The van der Waals surface area contributed by atoms with Gasteiger partial charge in [0.2, 0.25) is 11.8 Å². The van der Waals surface area contributed by atoms with Crippen LogP contribution < -0.4 is 9.62 Å². The van der Waals surface area contributed by atoms with Crippen LogP contribution in [0.2, 0.25) is 5.02 Å². The number of rotatable bonds is 12. The maximum Gasteiger partial charge on any atom is 0.264 e. The summed E-state index contributed by atoms with van der Waals surface area (Å²) in [4.78, 5) is 28.6. The molecule has 1 N–H and O–H groups in total. The first-order chi connectivity index (χ1) is 18.6. The molecule has 0 aromatic heterocycles. The molecule has 0 radical (unpaired) electrons. The minimum absolute atomic E-state index is 0.0204. The first kappa shape index (κ1) is 30.1. The molecule has 3 rings (SSSR count). The van der Waals surface area contributed by atoms with Crippen molar-refractivity contribution in [2.24, 2.45) is 0 Å². The van der Waals surface area contributed by atoms with E-state index in [1.807, 2.05) is 13.8 Å². The molecule has 0 saturated carbocycles. The van der Waals surface area contributed by atoms with Crippen LogP contribution in [0.1, 0.15) is 39.2 Å². The van der Waals surface area contributed by atoms with Crippen molar-refractivity contribution in [2.45, 2.75) is 57.1 Å². The van der Waals surface area contributed by atoms with Crippen LogP contribution in [0.5, 0.6) is 0 Å². The predicted octanol–water partition coefficient (Wildman–Crippen LogP) is 5.40. The van der Waals surface area contributed by atoms with Gasteiger partial charge < -0.3 is 10.2 Å². The van der Waals surface area contributed by atoms with Gasteiger partial charge in [-0.3, -0.25) is 13.9 Å². The third kappa shape index (κ3) is 7.80. The summed E-state index contributed by atoms with van der Waals surface area (Å²) in [6, 6.07) is 18.5. The molecular formula is C29H33ClFN3O4S. The van der Waals surface area contributed by atoms with Gasteiger partial charge in [0.1, 0.15) is 18.4 Å². The van der Waals surface area contributed by atoms with Crippen molar-refractivity contribution in [3.63, 3.8) is 0 Å². The van der Waals surface area contributed by atoms with E-state index in [-0.39, 0.29) is 29.1 Å². The molecule has 3 aromatic carbocycles. The van der Waals surface area contributed by atoms with Gasteiger partial charge in [-0.15, -0.1) is 0 Å². The SMILES string of the molecule is CC[C@H](C(=O)N[C@@H](C)CC)N(Cc1ccc(Cl)cc1)C(=O)CN(c1ccc(F)cc1)S(=O)(=O)c1ccccc1. The second-order valence-electron chi connectivity index (χ2n) is 9.19. The molecule has 0 bridgehead atoms. The predicted molar refractivity (Wildman–Crippen MR) is 151 cm³/mol. The summed E-state index contributed by atoms with van der Waals surface area (Å²) in [5.41, 5.74) is 0.846. The minimum atomic E-state index is -4.20. The quantitative estimate of drug-likeness (QED) is 0.314. The standard InChI is InChI=1S/C29H33ClFN3O4S/c1-4-21(3)32-29(36)27(5-2)33(19-22-11-13-23(30)14-12-22)28(35)20-34(25-17-15-24(31)16-18-25)39(37,38)26-9-7-6-8-10-26/h6-18,21,27H,4-5,19-20H2,1-3H3,(H,32,36)/t21-,27+/m0/s1. The topological polar surface area (TPSA) is 86.8 Å². The van der Waals surface area contributed by atoms with Gasteiger partial charge in [0.05, 0.1) is 10.6 Å². The Bertz CT molecular complexity index is 1350. The van der Waals surface area contributed by atoms with Gasteiger partial charge >= 0.3 is 0 Å². The van der Waals surface area contributed by atoms with Gasteiger partial charge in [0.15, 0.2) is 0 Å². The Hall–Kier alpha value is -3.43. The number of nitrogens with zero attached hydrogens (tertiary/aromatic N) is 2. The third-order valence-electron chi connectivity index (χ3n) is 6.38. The van der Waals surface area contributed by atoms with Gasteiger partial charge in [-0.1, -0.05) is 55.8 Å². The molecule has 0 aliphatic heterocycles. The molecule has 0 aliphatic carbocycles. The van der Waals surface area contributed by atoms with Gasteiger partial charge in [0, 0.05) is 17.6 Å². The van der Waals surface area contributed by atoms with Gasteiger partial charge in [-0.2, -0.15) is 0 Å². The highest BCUT2D eigenvalue weighted by molar-refractivity contribution is 7.92. The molecule has 39 heavy (non-hydrogen) atoms. The summed E-state index contributed by atoms with van der Waals surface area (Å²) >= 11 is 6.04. The molecule has 0 unspecified atom stereocenters. The van der Waals surface area contributed by atoms with Crippen molar-refractivity contribution < 1.29 is 22.4 Å². The Kier molecular flexibility index (Phi) is 10.5. The average molecular weight is 574 g/mol. The second kappa shape index (κ2) is 13.6. The van der Waals surface area contributed by atoms with E-state index in [4.69, 9.17) is 11.6 Å². The molecule has 0 fully saturated rings. The van der Waals surface area contributed by atoms with Crippen molar-refractivity contribution in [3.8, 4) is 0 Å². The lowest BCUT2D eigenvalue weighted by Gasteiger charge is -2.33. The lowest BCUT2D eigenvalue weighted by molar-refractivity contribution is -0.140. The smallest absolute Gasteiger partial charge is 0.264 e. The molecule has 0 heterocycles. The molecule has 208 valence electrons. The van der Waals surface area contributed by atoms with E-state index in [9.17, 15) is 22.4 Å². The van der Waals surface area contributed by atoms with E-state index in [1.54, 1.807) is 49.4 Å². The first-order valence-corrected chi connectivity index (χ1v) is 14.6. The zero-order valence-corrected chi connectivity index (χ0v) is 23.8. The van der Waals surface area contributed by atoms with Gasteiger partial charge in [-0.25, -0.2) is 12.8 Å². The maximum absolute atomic E-state index is 13.9. The van der Waals surface area contributed by atoms with Gasteiger partial charge in [0.25, 0.3) is 10.0 Å². The Labute approximate surface area is 234 Å². The Morgan fingerprint density at radius 2 is 1.54 bits per heavy atom. The fraction of sp³-hybridized carbons (Fsp3) is 0.310. The zero-order chi connectivity index (χ0) is 28.6. The molecule has 2 amide bonds. The van der Waals surface area contributed by atoms with E-state index >= 15 is 0 Å². The van der Waals surface area contributed by atoms with Crippen LogP contribution in [0.3, 0.4) is 0 Å². The Balaban J connectivity index is 2.03. The first-order valence-electron chi connectivity index (χ1n) is 12.7. The number of carbonyl (C=O) groups excluding carboxylic acids is 2. The zero-order valence-electron chi connectivity index (χ0n) is 22.2. The maximum atomic E-state index is 13.9. The highest BCUT2D eigenvalue weighted by Crippen LogP contribution is 2.25. The van der Waals surface area contributed by atoms with Crippen LogP contribution in [0.4, 0.5) is 10.1 Å². The van der Waals surface area contributed by atoms with Crippen molar-refractivity contribution in [2.75, 3.05) is 10.8 Å². The fourth-order valence-electron chi connectivity index (χ4n) is 4.00. The number of benzene rings is 3. The largest absolute Gasteiger partial charge is 0.352 e. The van der Waals surface area contributed by atoms with Crippen molar-refractivity contribution in [1.29, 1.82) is 0 Å². The third-order valence-corrected chi connectivity index (χ3v) is 8.42. The average Bonchev–Trinajstić information content (AvgIpc) is 2.93. The molecule has 0 saturated heterocycles. The van der Waals surface area contributed by atoms with E-state index in [2.05, 4.69) is 5.32 Å². The van der Waals surface area contributed by atoms with E-state index in [0.29, 0.717) is 17.9 Å². The number of anilines is 1. The number of sulfonamides is 1. The molecule has 2 atom stereocenters. The number of hydrogen-bond acceptors (Lipinski definition) is 4. The second-order valence-corrected chi connectivity index (χ2v) is 11.5. The Morgan fingerprint density at radius 3 is 2.10 bits per heavy atom. The summed E-state index contributed by atoms with van der Waals surface area (Å²) in [6.07, 6.45) is 1.02. The highest BCUT2D eigenvalue weighted by atomic mass is 35.5. The van der Waals surface area contributed by atoms with Crippen LogP contribution >= 0.6 is 11.6 Å². The monoisotopic (exact) mass is 573 g/mol. The minimum Gasteiger partial charge on any atom is -0.352 e.